The van der Waals surface area contributed by atoms with Crippen molar-refractivity contribution in [3.8, 4) is 5.75 Å². The quantitative estimate of drug-likeness (QED) is 0.331. The third kappa shape index (κ3) is 6.41. The second-order valence-corrected chi connectivity index (χ2v) is 6.96. The highest BCUT2D eigenvalue weighted by atomic mass is 16.6. The summed E-state index contributed by atoms with van der Waals surface area (Å²) < 4.78 is 11.8. The van der Waals surface area contributed by atoms with E-state index >= 15 is 0 Å². The van der Waals surface area contributed by atoms with Crippen molar-refractivity contribution in [2.24, 2.45) is 4.99 Å². The van der Waals surface area contributed by atoms with Crippen LogP contribution in [0.2, 0.25) is 0 Å². The summed E-state index contributed by atoms with van der Waals surface area (Å²) in [6.07, 6.45) is 1.18. The number of rotatable bonds is 8. The zero-order valence-corrected chi connectivity index (χ0v) is 15.8. The summed E-state index contributed by atoms with van der Waals surface area (Å²) in [6, 6.07) is 10.4. The first-order valence-corrected chi connectivity index (χ1v) is 8.65. The molecule has 1 aromatic heterocycles. The Bertz CT molecular complexity index is 822. The van der Waals surface area contributed by atoms with E-state index in [-0.39, 0.29) is 23.1 Å². The van der Waals surface area contributed by atoms with E-state index in [1.165, 1.54) is 23.9 Å². The summed E-state index contributed by atoms with van der Waals surface area (Å²) in [6.45, 7) is 7.86. The largest absolute Gasteiger partial charge is 0.491 e. The number of nitrogens with zero attached hydrogens (tertiary/aromatic N) is 3. The molecule has 0 aliphatic heterocycles. The summed E-state index contributed by atoms with van der Waals surface area (Å²) in [5.74, 6) is 0.786. The molecular weight excluding hydrogens is 350 g/mol. The van der Waals surface area contributed by atoms with Gasteiger partial charge in [-0.1, -0.05) is 32.9 Å². The monoisotopic (exact) mass is 375 g/mol. The minimum absolute atomic E-state index is 0.1000. The molecule has 8 nitrogen and oxygen atoms in total. The Morgan fingerprint density at radius 1 is 1.15 bits per heavy atom. The number of ether oxygens (including phenoxy) is 2. The lowest BCUT2D eigenvalue weighted by Gasteiger charge is -2.19. The first kappa shape index (κ1) is 20.4. The Balaban J connectivity index is 1.72. The molecule has 27 heavy (non-hydrogen) atoms. The minimum Gasteiger partial charge on any atom is -0.491 e. The van der Waals surface area contributed by atoms with Crippen LogP contribution in [0.1, 0.15) is 26.3 Å². The maximum absolute atomic E-state index is 10.7. The van der Waals surface area contributed by atoms with Crippen molar-refractivity contribution in [3.63, 3.8) is 0 Å². The van der Waals surface area contributed by atoms with E-state index in [4.69, 9.17) is 9.47 Å². The standard InChI is InChI=1S/C19H25N3O5/c1-19(2,3)15-4-6-17(7-5-15)27-13-12-26-11-9-20-18-14-16(22(24)25)8-10-21(18)23/h4-8,10,14,23H,9,11-13H2,1-3H3. The van der Waals surface area contributed by atoms with E-state index in [0.717, 1.165) is 10.5 Å². The lowest BCUT2D eigenvalue weighted by Crippen LogP contribution is -2.20. The average molecular weight is 375 g/mol. The molecular formula is C19H25N3O5. The third-order valence-electron chi connectivity index (χ3n) is 3.84. The third-order valence-corrected chi connectivity index (χ3v) is 3.84. The normalized spacial score (nSPS) is 12.2. The van der Waals surface area contributed by atoms with Crippen molar-refractivity contribution in [2.45, 2.75) is 26.2 Å². The molecule has 0 spiro atoms. The number of hydrogen-bond donors (Lipinski definition) is 1. The molecule has 1 N–H and O–H groups in total. The molecule has 0 saturated heterocycles. The molecule has 146 valence electrons. The molecule has 0 bridgehead atoms. The van der Waals surface area contributed by atoms with E-state index < -0.39 is 4.92 Å². The van der Waals surface area contributed by atoms with Crippen molar-refractivity contribution < 1.29 is 19.6 Å². The van der Waals surface area contributed by atoms with Crippen molar-refractivity contribution >= 4 is 5.69 Å². The molecule has 8 heteroatoms. The van der Waals surface area contributed by atoms with Crippen LogP contribution < -0.4 is 10.2 Å². The number of benzene rings is 1. The van der Waals surface area contributed by atoms with Gasteiger partial charge in [-0.15, -0.1) is 0 Å². The predicted octanol–water partition coefficient (Wildman–Crippen LogP) is 2.93. The summed E-state index contributed by atoms with van der Waals surface area (Å²) >= 11 is 0. The summed E-state index contributed by atoms with van der Waals surface area (Å²) in [4.78, 5) is 14.3. The van der Waals surface area contributed by atoms with E-state index in [1.54, 1.807) is 0 Å². The van der Waals surface area contributed by atoms with Crippen molar-refractivity contribution in [1.29, 1.82) is 0 Å². The molecule has 1 aromatic carbocycles. The Labute approximate surface area is 157 Å². The number of pyridine rings is 1. The lowest BCUT2D eigenvalue weighted by atomic mass is 9.87. The second-order valence-electron chi connectivity index (χ2n) is 6.96. The van der Waals surface area contributed by atoms with Crippen LogP contribution in [0, 0.1) is 10.1 Å². The van der Waals surface area contributed by atoms with Gasteiger partial charge in [0, 0.05) is 6.07 Å². The maximum Gasteiger partial charge on any atom is 0.274 e. The molecule has 2 aromatic rings. The second kappa shape index (κ2) is 9.18. The molecule has 0 atom stereocenters. The average Bonchev–Trinajstić information content (AvgIpc) is 2.61. The zero-order valence-electron chi connectivity index (χ0n) is 15.8. The highest BCUT2D eigenvalue weighted by Gasteiger charge is 2.12. The van der Waals surface area contributed by atoms with Crippen LogP contribution in [0.5, 0.6) is 5.75 Å². The van der Waals surface area contributed by atoms with Crippen LogP contribution in [0.3, 0.4) is 0 Å². The molecule has 0 radical (unpaired) electrons. The fourth-order valence-corrected chi connectivity index (χ4v) is 2.30. The Morgan fingerprint density at radius 2 is 1.85 bits per heavy atom. The molecule has 0 amide bonds. The van der Waals surface area contributed by atoms with Crippen molar-refractivity contribution in [1.82, 2.24) is 4.73 Å². The molecule has 2 rings (SSSR count). The topological polar surface area (TPSA) is 99.1 Å². The molecule has 0 fully saturated rings. The van der Waals surface area contributed by atoms with Gasteiger partial charge in [0.2, 0.25) is 0 Å². The van der Waals surface area contributed by atoms with Gasteiger partial charge in [0.25, 0.3) is 5.69 Å². The summed E-state index contributed by atoms with van der Waals surface area (Å²) in [7, 11) is 0. The molecule has 1 heterocycles. The van der Waals surface area contributed by atoms with Gasteiger partial charge < -0.3 is 14.7 Å². The highest BCUT2D eigenvalue weighted by Crippen LogP contribution is 2.24. The fraction of sp³-hybridized carbons (Fsp3) is 0.421. The van der Waals surface area contributed by atoms with Gasteiger partial charge >= 0.3 is 0 Å². The minimum atomic E-state index is -0.541. The van der Waals surface area contributed by atoms with E-state index in [1.807, 2.05) is 12.1 Å². The van der Waals surface area contributed by atoms with Crippen LogP contribution in [-0.2, 0) is 10.2 Å². The van der Waals surface area contributed by atoms with Crippen molar-refractivity contribution in [3.05, 3.63) is 63.8 Å². The first-order chi connectivity index (χ1) is 12.8. The fourth-order valence-electron chi connectivity index (χ4n) is 2.30. The van der Waals surface area contributed by atoms with Gasteiger partial charge in [-0.2, -0.15) is 4.73 Å². The Hall–Kier alpha value is -2.87. The Morgan fingerprint density at radius 3 is 2.48 bits per heavy atom. The summed E-state index contributed by atoms with van der Waals surface area (Å²) in [5.41, 5.74) is 1.32. The number of aromatic nitrogens is 1. The van der Waals surface area contributed by atoms with Crippen LogP contribution in [0.15, 0.2) is 47.6 Å². The Kier molecular flexibility index (Phi) is 6.95. The highest BCUT2D eigenvalue weighted by molar-refractivity contribution is 5.31. The van der Waals surface area contributed by atoms with Crippen LogP contribution in [0.4, 0.5) is 5.69 Å². The maximum atomic E-state index is 10.7. The molecule has 0 aliphatic rings. The van der Waals surface area contributed by atoms with E-state index in [9.17, 15) is 15.3 Å². The van der Waals surface area contributed by atoms with Gasteiger partial charge in [0.1, 0.15) is 12.4 Å². The van der Waals surface area contributed by atoms with Gasteiger partial charge in [-0.3, -0.25) is 15.1 Å². The van der Waals surface area contributed by atoms with Gasteiger partial charge in [-0.25, -0.2) is 0 Å². The van der Waals surface area contributed by atoms with E-state index in [2.05, 4.69) is 37.9 Å². The summed E-state index contributed by atoms with van der Waals surface area (Å²) in [5, 5.41) is 20.3. The van der Waals surface area contributed by atoms with E-state index in [0.29, 0.717) is 19.8 Å². The molecule has 0 unspecified atom stereocenters. The van der Waals surface area contributed by atoms with Crippen LogP contribution in [0.25, 0.3) is 0 Å². The van der Waals surface area contributed by atoms with Gasteiger partial charge in [0.05, 0.1) is 36.9 Å². The SMILES string of the molecule is CC(C)(C)c1ccc(OCCOCCN=c2cc([N+](=O)[O-])ccn2O)cc1. The van der Waals surface area contributed by atoms with Crippen LogP contribution >= 0.6 is 0 Å². The zero-order chi connectivity index (χ0) is 19.9. The first-order valence-electron chi connectivity index (χ1n) is 8.65. The number of nitro groups is 1. The number of hydrogen-bond acceptors (Lipinski definition) is 6. The van der Waals surface area contributed by atoms with Gasteiger partial charge in [0.15, 0.2) is 5.49 Å². The van der Waals surface area contributed by atoms with Gasteiger partial charge in [-0.05, 0) is 23.1 Å². The predicted molar refractivity (Wildman–Crippen MR) is 100 cm³/mol. The van der Waals surface area contributed by atoms with Crippen molar-refractivity contribution in [2.75, 3.05) is 26.4 Å². The molecule has 0 saturated carbocycles. The molecule has 0 aliphatic carbocycles. The lowest BCUT2D eigenvalue weighted by molar-refractivity contribution is -0.385. The van der Waals surface area contributed by atoms with Crippen LogP contribution in [-0.4, -0.2) is 41.2 Å². The smallest absolute Gasteiger partial charge is 0.274 e.